The second kappa shape index (κ2) is 5.49. The molecule has 2 aromatic carbocycles. The normalized spacial score (nSPS) is 17.1. The number of rotatable bonds is 2. The third-order valence-corrected chi connectivity index (χ3v) is 4.30. The summed E-state index contributed by atoms with van der Waals surface area (Å²) in [5, 5.41) is 3.61. The van der Waals surface area contributed by atoms with Crippen molar-refractivity contribution in [2.24, 2.45) is 0 Å². The SMILES string of the molecule is CCc1ccc2c(c1)NC(c1cc(Br)ccc1C)CO2. The Labute approximate surface area is 128 Å². The first-order valence-corrected chi connectivity index (χ1v) is 7.75. The largest absolute Gasteiger partial charge is 0.489 e. The van der Waals surface area contributed by atoms with Gasteiger partial charge in [0.2, 0.25) is 0 Å². The van der Waals surface area contributed by atoms with Gasteiger partial charge in [0, 0.05) is 4.47 Å². The number of aryl methyl sites for hydroxylation is 2. The van der Waals surface area contributed by atoms with E-state index >= 15 is 0 Å². The molecule has 20 heavy (non-hydrogen) atoms. The third kappa shape index (κ3) is 2.55. The van der Waals surface area contributed by atoms with Crippen LogP contribution in [0.3, 0.4) is 0 Å². The van der Waals surface area contributed by atoms with Crippen molar-refractivity contribution in [3.8, 4) is 5.75 Å². The van der Waals surface area contributed by atoms with Crippen molar-refractivity contribution >= 4 is 21.6 Å². The second-order valence-corrected chi connectivity index (χ2v) is 6.11. The van der Waals surface area contributed by atoms with E-state index in [1.807, 2.05) is 0 Å². The van der Waals surface area contributed by atoms with Crippen LogP contribution >= 0.6 is 15.9 Å². The van der Waals surface area contributed by atoms with Crippen LogP contribution < -0.4 is 10.1 Å². The Morgan fingerprint density at radius 3 is 2.90 bits per heavy atom. The number of halogens is 1. The van der Waals surface area contributed by atoms with Crippen LogP contribution in [0.4, 0.5) is 5.69 Å². The first-order chi connectivity index (χ1) is 9.67. The maximum absolute atomic E-state index is 5.91. The summed E-state index contributed by atoms with van der Waals surface area (Å²) in [4.78, 5) is 0. The number of hydrogen-bond acceptors (Lipinski definition) is 2. The van der Waals surface area contributed by atoms with Gasteiger partial charge in [-0.1, -0.05) is 35.0 Å². The molecule has 1 aliphatic rings. The fraction of sp³-hybridized carbons (Fsp3) is 0.294. The van der Waals surface area contributed by atoms with E-state index in [4.69, 9.17) is 4.74 Å². The van der Waals surface area contributed by atoms with Crippen molar-refractivity contribution in [1.82, 2.24) is 0 Å². The lowest BCUT2D eigenvalue weighted by Gasteiger charge is -2.29. The van der Waals surface area contributed by atoms with E-state index in [9.17, 15) is 0 Å². The zero-order valence-corrected chi connectivity index (χ0v) is 13.3. The van der Waals surface area contributed by atoms with Crippen molar-refractivity contribution in [3.05, 3.63) is 57.6 Å². The molecular weight excluding hydrogens is 314 g/mol. The van der Waals surface area contributed by atoms with Gasteiger partial charge in [-0.05, 0) is 54.3 Å². The summed E-state index contributed by atoms with van der Waals surface area (Å²) in [6, 6.07) is 13.0. The van der Waals surface area contributed by atoms with Crippen molar-refractivity contribution in [1.29, 1.82) is 0 Å². The Hall–Kier alpha value is -1.48. The Bertz CT molecular complexity index is 639. The number of benzene rings is 2. The minimum Gasteiger partial charge on any atom is -0.489 e. The molecule has 0 aliphatic carbocycles. The van der Waals surface area contributed by atoms with E-state index in [1.165, 1.54) is 16.7 Å². The molecular formula is C17H18BrNO. The lowest BCUT2D eigenvalue weighted by atomic mass is 10.00. The highest BCUT2D eigenvalue weighted by Gasteiger charge is 2.22. The molecule has 1 atom stereocenters. The van der Waals surface area contributed by atoms with Crippen LogP contribution in [0.25, 0.3) is 0 Å². The average molecular weight is 332 g/mol. The van der Waals surface area contributed by atoms with Crippen LogP contribution in [-0.4, -0.2) is 6.61 Å². The predicted molar refractivity (Wildman–Crippen MR) is 86.6 cm³/mol. The fourth-order valence-electron chi connectivity index (χ4n) is 2.59. The molecule has 2 nitrogen and oxygen atoms in total. The molecule has 3 heteroatoms. The van der Waals surface area contributed by atoms with Gasteiger partial charge < -0.3 is 10.1 Å². The second-order valence-electron chi connectivity index (χ2n) is 5.19. The predicted octanol–water partition coefficient (Wildman–Crippen LogP) is 4.87. The summed E-state index contributed by atoms with van der Waals surface area (Å²) in [6.45, 7) is 4.97. The highest BCUT2D eigenvalue weighted by Crippen LogP contribution is 2.36. The van der Waals surface area contributed by atoms with Crippen LogP contribution in [0.1, 0.15) is 29.7 Å². The van der Waals surface area contributed by atoms with Gasteiger partial charge in [0.25, 0.3) is 0 Å². The molecule has 0 radical (unpaired) electrons. The maximum Gasteiger partial charge on any atom is 0.142 e. The number of fused-ring (bicyclic) bond motifs is 1. The van der Waals surface area contributed by atoms with E-state index in [0.717, 1.165) is 22.3 Å². The highest BCUT2D eigenvalue weighted by atomic mass is 79.9. The zero-order chi connectivity index (χ0) is 14.1. The molecule has 0 saturated heterocycles. The Morgan fingerprint density at radius 1 is 1.25 bits per heavy atom. The smallest absolute Gasteiger partial charge is 0.142 e. The standard InChI is InChI=1S/C17H18BrNO/c1-3-12-5-7-17-15(8-12)19-16(10-20-17)14-9-13(18)6-4-11(14)2/h4-9,16,19H,3,10H2,1-2H3. The monoisotopic (exact) mass is 331 g/mol. The van der Waals surface area contributed by atoms with Crippen molar-refractivity contribution in [2.45, 2.75) is 26.3 Å². The van der Waals surface area contributed by atoms with E-state index in [0.29, 0.717) is 6.61 Å². The molecule has 2 aromatic rings. The highest BCUT2D eigenvalue weighted by molar-refractivity contribution is 9.10. The molecule has 0 aromatic heterocycles. The average Bonchev–Trinajstić information content (AvgIpc) is 2.48. The van der Waals surface area contributed by atoms with Crippen LogP contribution in [0, 0.1) is 6.92 Å². The van der Waals surface area contributed by atoms with Crippen LogP contribution in [0.2, 0.25) is 0 Å². The molecule has 1 aliphatic heterocycles. The van der Waals surface area contributed by atoms with Crippen molar-refractivity contribution < 1.29 is 4.74 Å². The van der Waals surface area contributed by atoms with E-state index < -0.39 is 0 Å². The first-order valence-electron chi connectivity index (χ1n) is 6.95. The summed E-state index contributed by atoms with van der Waals surface area (Å²) in [5.74, 6) is 0.950. The summed E-state index contributed by atoms with van der Waals surface area (Å²) in [6.07, 6.45) is 1.04. The molecule has 0 saturated carbocycles. The Balaban J connectivity index is 1.93. The molecule has 0 spiro atoms. The topological polar surface area (TPSA) is 21.3 Å². The van der Waals surface area contributed by atoms with Crippen molar-refractivity contribution in [3.63, 3.8) is 0 Å². The van der Waals surface area contributed by atoms with Gasteiger partial charge in [0.1, 0.15) is 12.4 Å². The van der Waals surface area contributed by atoms with E-state index in [-0.39, 0.29) is 6.04 Å². The third-order valence-electron chi connectivity index (χ3n) is 3.80. The summed E-state index contributed by atoms with van der Waals surface area (Å²) >= 11 is 3.55. The Morgan fingerprint density at radius 2 is 2.10 bits per heavy atom. The number of nitrogens with one attached hydrogen (secondary N) is 1. The minimum absolute atomic E-state index is 0.201. The first kappa shape index (κ1) is 13.5. The molecule has 3 rings (SSSR count). The van der Waals surface area contributed by atoms with Gasteiger partial charge in [-0.25, -0.2) is 0 Å². The van der Waals surface area contributed by atoms with Crippen LogP contribution in [0.15, 0.2) is 40.9 Å². The van der Waals surface area contributed by atoms with Gasteiger partial charge in [-0.2, -0.15) is 0 Å². The Kier molecular flexibility index (Phi) is 3.70. The lowest BCUT2D eigenvalue weighted by Crippen LogP contribution is -2.24. The number of anilines is 1. The minimum atomic E-state index is 0.201. The molecule has 1 unspecified atom stereocenters. The molecule has 104 valence electrons. The van der Waals surface area contributed by atoms with Crippen LogP contribution in [0.5, 0.6) is 5.75 Å². The maximum atomic E-state index is 5.91. The summed E-state index contributed by atoms with van der Waals surface area (Å²) < 4.78 is 7.01. The van der Waals surface area contributed by atoms with Gasteiger partial charge in [-0.15, -0.1) is 0 Å². The molecule has 0 bridgehead atoms. The molecule has 0 fully saturated rings. The number of hydrogen-bond donors (Lipinski definition) is 1. The molecule has 1 heterocycles. The van der Waals surface area contributed by atoms with E-state index in [1.54, 1.807) is 0 Å². The fourth-order valence-corrected chi connectivity index (χ4v) is 2.97. The molecule has 1 N–H and O–H groups in total. The van der Waals surface area contributed by atoms with Gasteiger partial charge >= 0.3 is 0 Å². The van der Waals surface area contributed by atoms with Gasteiger partial charge in [0.15, 0.2) is 0 Å². The van der Waals surface area contributed by atoms with Crippen LogP contribution in [-0.2, 0) is 6.42 Å². The molecule has 0 amide bonds. The summed E-state index contributed by atoms with van der Waals surface area (Å²) in [5.41, 5.74) is 4.99. The van der Waals surface area contributed by atoms with E-state index in [2.05, 4.69) is 71.5 Å². The van der Waals surface area contributed by atoms with Gasteiger partial charge in [0.05, 0.1) is 11.7 Å². The zero-order valence-electron chi connectivity index (χ0n) is 11.7. The lowest BCUT2D eigenvalue weighted by molar-refractivity contribution is 0.286. The van der Waals surface area contributed by atoms with Gasteiger partial charge in [-0.3, -0.25) is 0 Å². The quantitative estimate of drug-likeness (QED) is 0.847. The summed E-state index contributed by atoms with van der Waals surface area (Å²) in [7, 11) is 0. The van der Waals surface area contributed by atoms with Crippen molar-refractivity contribution in [2.75, 3.05) is 11.9 Å². The number of ether oxygens (including phenoxy) is 1.